The van der Waals surface area contributed by atoms with Crippen molar-refractivity contribution in [1.82, 2.24) is 4.31 Å². The molecule has 1 aromatic carbocycles. The number of rotatable bonds is 6. The number of sulfonamides is 1. The number of hydrogen-bond donors (Lipinski definition) is 1. The van der Waals surface area contributed by atoms with Crippen molar-refractivity contribution in [1.29, 1.82) is 0 Å². The van der Waals surface area contributed by atoms with E-state index in [1.165, 1.54) is 29.4 Å². The maximum atomic E-state index is 13.4. The lowest BCUT2D eigenvalue weighted by Gasteiger charge is -2.21. The second kappa shape index (κ2) is 6.26. The van der Waals surface area contributed by atoms with E-state index in [4.69, 9.17) is 5.11 Å². The lowest BCUT2D eigenvalue weighted by molar-refractivity contribution is 0.253. The van der Waals surface area contributed by atoms with Crippen LogP contribution in [0.1, 0.15) is 18.9 Å². The summed E-state index contributed by atoms with van der Waals surface area (Å²) in [6, 6.07) is 3.98. The van der Waals surface area contributed by atoms with Crippen molar-refractivity contribution in [3.8, 4) is 0 Å². The number of aliphatic hydroxyl groups excluding tert-OH is 1. The average Bonchev–Trinajstić information content (AvgIpc) is 2.32. The lowest BCUT2D eigenvalue weighted by atomic mass is 10.2. The highest BCUT2D eigenvalue weighted by molar-refractivity contribution is 7.89. The third kappa shape index (κ3) is 3.07. The first-order chi connectivity index (χ1) is 8.45. The Morgan fingerprint density at radius 2 is 2.00 bits per heavy atom. The lowest BCUT2D eigenvalue weighted by Crippen LogP contribution is -2.34. The first-order valence-electron chi connectivity index (χ1n) is 5.81. The van der Waals surface area contributed by atoms with Gasteiger partial charge in [-0.2, -0.15) is 4.31 Å². The van der Waals surface area contributed by atoms with Gasteiger partial charge in [-0.25, -0.2) is 12.8 Å². The van der Waals surface area contributed by atoms with E-state index in [0.29, 0.717) is 13.0 Å². The minimum absolute atomic E-state index is 0.0200. The first kappa shape index (κ1) is 15.1. The smallest absolute Gasteiger partial charge is 0.243 e. The van der Waals surface area contributed by atoms with Crippen LogP contribution >= 0.6 is 0 Å². The van der Waals surface area contributed by atoms with Crippen molar-refractivity contribution in [2.24, 2.45) is 0 Å². The van der Waals surface area contributed by atoms with Crippen LogP contribution in [-0.4, -0.2) is 37.5 Å². The van der Waals surface area contributed by atoms with Gasteiger partial charge >= 0.3 is 0 Å². The van der Waals surface area contributed by atoms with Crippen molar-refractivity contribution >= 4 is 10.0 Å². The largest absolute Gasteiger partial charge is 0.395 e. The van der Waals surface area contributed by atoms with Gasteiger partial charge in [-0.15, -0.1) is 0 Å². The van der Waals surface area contributed by atoms with Crippen molar-refractivity contribution in [2.45, 2.75) is 25.2 Å². The number of hydrogen-bond acceptors (Lipinski definition) is 3. The summed E-state index contributed by atoms with van der Waals surface area (Å²) in [6.45, 7) is 3.35. The molecule has 0 saturated heterocycles. The van der Waals surface area contributed by atoms with Crippen LogP contribution in [0.25, 0.3) is 0 Å². The summed E-state index contributed by atoms with van der Waals surface area (Å²) in [5.41, 5.74) is 0.108. The molecule has 18 heavy (non-hydrogen) atoms. The van der Waals surface area contributed by atoms with Crippen LogP contribution in [0.15, 0.2) is 23.1 Å². The Balaban J connectivity index is 3.22. The molecular weight excluding hydrogens is 257 g/mol. The highest BCUT2D eigenvalue weighted by Crippen LogP contribution is 2.21. The summed E-state index contributed by atoms with van der Waals surface area (Å²) in [5, 5.41) is 8.92. The third-order valence-electron chi connectivity index (χ3n) is 2.66. The van der Waals surface area contributed by atoms with E-state index < -0.39 is 15.8 Å². The third-order valence-corrected chi connectivity index (χ3v) is 4.70. The molecule has 0 spiro atoms. The molecule has 1 aromatic rings. The predicted octanol–water partition coefficient (Wildman–Crippen LogP) is 1.53. The van der Waals surface area contributed by atoms with Gasteiger partial charge in [0.25, 0.3) is 0 Å². The van der Waals surface area contributed by atoms with E-state index in [0.717, 1.165) is 0 Å². The second-order valence-corrected chi connectivity index (χ2v) is 5.90. The number of benzene rings is 1. The Labute approximate surface area is 107 Å². The normalized spacial score (nSPS) is 12.1. The van der Waals surface area contributed by atoms with Gasteiger partial charge in [-0.1, -0.05) is 13.0 Å². The molecule has 0 saturated carbocycles. The topological polar surface area (TPSA) is 57.6 Å². The number of nitrogens with zero attached hydrogens (tertiary/aromatic N) is 1. The fraction of sp³-hybridized carbons (Fsp3) is 0.500. The van der Waals surface area contributed by atoms with Gasteiger partial charge < -0.3 is 5.11 Å². The SMILES string of the molecule is CCCN(CCO)S(=O)(=O)c1cccc(F)c1C. The zero-order valence-electron chi connectivity index (χ0n) is 10.6. The van der Waals surface area contributed by atoms with Crippen LogP contribution in [0.3, 0.4) is 0 Å². The second-order valence-electron chi connectivity index (χ2n) is 3.99. The van der Waals surface area contributed by atoms with Gasteiger partial charge in [0, 0.05) is 18.7 Å². The van der Waals surface area contributed by atoms with Crippen LogP contribution in [0.5, 0.6) is 0 Å². The molecule has 0 amide bonds. The molecule has 6 heteroatoms. The highest BCUT2D eigenvalue weighted by Gasteiger charge is 2.25. The Hall–Kier alpha value is -0.980. The maximum Gasteiger partial charge on any atom is 0.243 e. The molecule has 0 aliphatic heterocycles. The van der Waals surface area contributed by atoms with E-state index in [-0.39, 0.29) is 23.6 Å². The first-order valence-corrected chi connectivity index (χ1v) is 7.25. The molecule has 0 aliphatic rings. The predicted molar refractivity (Wildman–Crippen MR) is 67.3 cm³/mol. The monoisotopic (exact) mass is 275 g/mol. The van der Waals surface area contributed by atoms with Crippen LogP contribution < -0.4 is 0 Å². The molecule has 0 aromatic heterocycles. The van der Waals surface area contributed by atoms with E-state index >= 15 is 0 Å². The van der Waals surface area contributed by atoms with Crippen molar-refractivity contribution in [2.75, 3.05) is 19.7 Å². The van der Waals surface area contributed by atoms with Crippen LogP contribution in [0.4, 0.5) is 4.39 Å². The number of aliphatic hydroxyl groups is 1. The molecule has 1 rings (SSSR count). The average molecular weight is 275 g/mol. The fourth-order valence-corrected chi connectivity index (χ4v) is 3.48. The zero-order valence-corrected chi connectivity index (χ0v) is 11.4. The Kier molecular flexibility index (Phi) is 5.25. The van der Waals surface area contributed by atoms with Gasteiger partial charge in [0.05, 0.1) is 11.5 Å². The molecule has 0 fully saturated rings. The minimum Gasteiger partial charge on any atom is -0.395 e. The van der Waals surface area contributed by atoms with Crippen molar-refractivity contribution in [3.05, 3.63) is 29.6 Å². The Bertz CT molecular complexity index is 496. The molecular formula is C12H18FNO3S. The summed E-state index contributed by atoms with van der Waals surface area (Å²) >= 11 is 0. The standard InChI is InChI=1S/C12H18FNO3S/c1-3-7-14(8-9-15)18(16,17)12-6-4-5-11(13)10(12)2/h4-6,15H,3,7-9H2,1-2H3. The van der Waals surface area contributed by atoms with Crippen LogP contribution in [-0.2, 0) is 10.0 Å². The van der Waals surface area contributed by atoms with E-state index in [1.54, 1.807) is 0 Å². The molecule has 102 valence electrons. The highest BCUT2D eigenvalue weighted by atomic mass is 32.2. The van der Waals surface area contributed by atoms with E-state index in [2.05, 4.69) is 0 Å². The molecule has 0 unspecified atom stereocenters. The summed E-state index contributed by atoms with van der Waals surface area (Å²) in [6.07, 6.45) is 0.633. The zero-order chi connectivity index (χ0) is 13.8. The molecule has 0 heterocycles. The summed E-state index contributed by atoms with van der Waals surface area (Å²) in [4.78, 5) is -0.0376. The maximum absolute atomic E-state index is 13.4. The molecule has 0 aliphatic carbocycles. The quantitative estimate of drug-likeness (QED) is 0.856. The summed E-state index contributed by atoms with van der Waals surface area (Å²) in [7, 11) is -3.75. The fourth-order valence-electron chi connectivity index (χ4n) is 1.72. The van der Waals surface area contributed by atoms with E-state index in [9.17, 15) is 12.8 Å². The number of halogens is 1. The van der Waals surface area contributed by atoms with Gasteiger partial charge in [-0.3, -0.25) is 0 Å². The van der Waals surface area contributed by atoms with E-state index in [1.807, 2.05) is 6.92 Å². The molecule has 0 atom stereocenters. The van der Waals surface area contributed by atoms with Crippen LogP contribution in [0.2, 0.25) is 0 Å². The molecule has 4 nitrogen and oxygen atoms in total. The molecule has 1 N–H and O–H groups in total. The summed E-state index contributed by atoms with van der Waals surface area (Å²) in [5.74, 6) is -0.545. The Morgan fingerprint density at radius 3 is 2.56 bits per heavy atom. The minimum atomic E-state index is -3.75. The Morgan fingerprint density at radius 1 is 1.33 bits per heavy atom. The van der Waals surface area contributed by atoms with Gasteiger partial charge in [0.2, 0.25) is 10.0 Å². The van der Waals surface area contributed by atoms with Crippen LogP contribution in [0, 0.1) is 12.7 Å². The van der Waals surface area contributed by atoms with Crippen molar-refractivity contribution in [3.63, 3.8) is 0 Å². The van der Waals surface area contributed by atoms with Gasteiger partial charge in [0.1, 0.15) is 5.82 Å². The molecule has 0 bridgehead atoms. The molecule has 0 radical (unpaired) electrons. The van der Waals surface area contributed by atoms with Gasteiger partial charge in [0.15, 0.2) is 0 Å². The van der Waals surface area contributed by atoms with Crippen molar-refractivity contribution < 1.29 is 17.9 Å². The summed E-state index contributed by atoms with van der Waals surface area (Å²) < 4.78 is 39.3. The van der Waals surface area contributed by atoms with Gasteiger partial charge in [-0.05, 0) is 25.5 Å².